The third-order valence-electron chi connectivity index (χ3n) is 4.74. The molecule has 0 spiro atoms. The van der Waals surface area contributed by atoms with E-state index in [1.165, 1.54) is 25.3 Å². The van der Waals surface area contributed by atoms with E-state index in [0.717, 1.165) is 51.9 Å². The maximum absolute atomic E-state index is 12.1. The summed E-state index contributed by atoms with van der Waals surface area (Å²) < 4.78 is 24.2. The van der Waals surface area contributed by atoms with Crippen LogP contribution in [-0.2, 0) is 9.84 Å². The Morgan fingerprint density at radius 1 is 1.17 bits per heavy atom. The second-order valence-corrected chi connectivity index (χ2v) is 8.62. The predicted molar refractivity (Wildman–Crippen MR) is 90.7 cm³/mol. The van der Waals surface area contributed by atoms with Gasteiger partial charge in [0, 0.05) is 31.8 Å². The molecule has 1 N–H and O–H groups in total. The van der Waals surface area contributed by atoms with Gasteiger partial charge in [-0.15, -0.1) is 0 Å². The first-order valence-electron chi connectivity index (χ1n) is 8.58. The summed E-state index contributed by atoms with van der Waals surface area (Å²) in [6.45, 7) is 3.70. The van der Waals surface area contributed by atoms with E-state index in [0.29, 0.717) is 16.5 Å². The predicted octanol–water partition coefficient (Wildman–Crippen LogP) is 1.73. The largest absolute Gasteiger partial charge is 0.341 e. The zero-order valence-electron chi connectivity index (χ0n) is 13.8. The first-order chi connectivity index (χ1) is 11.1. The number of piperidine rings is 1. The molecule has 3 rings (SSSR count). The lowest BCUT2D eigenvalue weighted by Gasteiger charge is -2.26. The molecule has 0 radical (unpaired) electrons. The molecule has 1 atom stereocenters. The molecule has 2 saturated heterocycles. The lowest BCUT2D eigenvalue weighted by Crippen LogP contribution is -2.31. The molecule has 2 fully saturated rings. The van der Waals surface area contributed by atoms with Gasteiger partial charge in [-0.2, -0.15) is 0 Å². The maximum atomic E-state index is 12.1. The van der Waals surface area contributed by atoms with Crippen molar-refractivity contribution in [1.29, 1.82) is 0 Å². The Labute approximate surface area is 138 Å². The third-order valence-corrected chi connectivity index (χ3v) is 5.86. The van der Waals surface area contributed by atoms with Gasteiger partial charge in [0.25, 0.3) is 0 Å². The van der Waals surface area contributed by atoms with Crippen molar-refractivity contribution in [3.8, 4) is 0 Å². The number of hydrogen-bond donors (Lipinski definition) is 1. The number of anilines is 1. The molecule has 3 heterocycles. The van der Waals surface area contributed by atoms with E-state index < -0.39 is 9.84 Å². The fraction of sp³-hybridized carbons (Fsp3) is 0.750. The van der Waals surface area contributed by atoms with Crippen molar-refractivity contribution in [1.82, 2.24) is 15.3 Å². The van der Waals surface area contributed by atoms with Gasteiger partial charge in [0.05, 0.1) is 11.9 Å². The highest BCUT2D eigenvalue weighted by molar-refractivity contribution is 7.90. The van der Waals surface area contributed by atoms with Crippen molar-refractivity contribution in [3.63, 3.8) is 0 Å². The summed E-state index contributed by atoms with van der Waals surface area (Å²) in [4.78, 5) is 11.6. The molecule has 1 aromatic rings. The van der Waals surface area contributed by atoms with E-state index in [1.807, 2.05) is 0 Å². The van der Waals surface area contributed by atoms with Gasteiger partial charge in [-0.1, -0.05) is 12.8 Å². The Morgan fingerprint density at radius 3 is 2.52 bits per heavy atom. The first kappa shape index (κ1) is 16.6. The molecule has 2 aliphatic rings. The van der Waals surface area contributed by atoms with Crippen LogP contribution in [0.1, 0.15) is 50.1 Å². The van der Waals surface area contributed by atoms with Gasteiger partial charge >= 0.3 is 0 Å². The Balaban J connectivity index is 1.96. The molecule has 0 bridgehead atoms. The number of sulfone groups is 1. The molecule has 1 unspecified atom stereocenters. The van der Waals surface area contributed by atoms with E-state index in [-0.39, 0.29) is 5.92 Å². The average Bonchev–Trinajstić information content (AvgIpc) is 2.83. The van der Waals surface area contributed by atoms with Crippen molar-refractivity contribution < 1.29 is 8.42 Å². The summed E-state index contributed by atoms with van der Waals surface area (Å²) in [6, 6.07) is 0. The van der Waals surface area contributed by atoms with Crippen molar-refractivity contribution >= 4 is 15.8 Å². The number of nitrogens with zero attached hydrogens (tertiary/aromatic N) is 3. The Kier molecular flexibility index (Phi) is 5.16. The fourth-order valence-electron chi connectivity index (χ4n) is 3.46. The minimum Gasteiger partial charge on any atom is -0.341 e. The monoisotopic (exact) mass is 338 g/mol. The molecule has 128 valence electrons. The second-order valence-electron chi connectivity index (χ2n) is 6.64. The Bertz CT molecular complexity index is 633. The Morgan fingerprint density at radius 2 is 1.91 bits per heavy atom. The van der Waals surface area contributed by atoms with Crippen LogP contribution in [0.2, 0.25) is 0 Å². The smallest absolute Gasteiger partial charge is 0.225 e. The molecule has 1 aromatic heterocycles. The van der Waals surface area contributed by atoms with Crippen molar-refractivity contribution in [2.45, 2.75) is 49.3 Å². The summed E-state index contributed by atoms with van der Waals surface area (Å²) in [5.74, 6) is 0.849. The molecule has 7 heteroatoms. The van der Waals surface area contributed by atoms with Crippen LogP contribution in [0, 0.1) is 0 Å². The standard InChI is InChI=1S/C16H26N4O2S/c1-23(21,22)14-12-18-16(20-9-4-2-3-5-10-20)19-15(14)13-7-6-8-17-11-13/h12-13,17H,2-11H2,1H3. The number of nitrogens with one attached hydrogen (secondary N) is 1. The van der Waals surface area contributed by atoms with Gasteiger partial charge in [-0.25, -0.2) is 18.4 Å². The van der Waals surface area contributed by atoms with Crippen LogP contribution in [-0.4, -0.2) is 50.8 Å². The molecule has 23 heavy (non-hydrogen) atoms. The van der Waals surface area contributed by atoms with Gasteiger partial charge in [0.2, 0.25) is 5.95 Å². The van der Waals surface area contributed by atoms with Crippen LogP contribution in [0.4, 0.5) is 5.95 Å². The van der Waals surface area contributed by atoms with Crippen LogP contribution in [0.25, 0.3) is 0 Å². The van der Waals surface area contributed by atoms with Gasteiger partial charge in [-0.3, -0.25) is 0 Å². The molecule has 0 aliphatic carbocycles. The number of aromatic nitrogens is 2. The first-order valence-corrected chi connectivity index (χ1v) is 10.5. The lowest BCUT2D eigenvalue weighted by atomic mass is 9.96. The highest BCUT2D eigenvalue weighted by atomic mass is 32.2. The van der Waals surface area contributed by atoms with Crippen LogP contribution < -0.4 is 10.2 Å². The van der Waals surface area contributed by atoms with Crippen LogP contribution >= 0.6 is 0 Å². The second kappa shape index (κ2) is 7.13. The molecule has 0 aromatic carbocycles. The van der Waals surface area contributed by atoms with Gasteiger partial charge in [0.1, 0.15) is 4.90 Å². The van der Waals surface area contributed by atoms with E-state index in [4.69, 9.17) is 4.98 Å². The van der Waals surface area contributed by atoms with Gasteiger partial charge in [0.15, 0.2) is 9.84 Å². The quantitative estimate of drug-likeness (QED) is 0.904. The molecule has 6 nitrogen and oxygen atoms in total. The van der Waals surface area contributed by atoms with Gasteiger partial charge in [-0.05, 0) is 32.2 Å². The SMILES string of the molecule is CS(=O)(=O)c1cnc(N2CCCCCC2)nc1C1CCCNC1. The van der Waals surface area contributed by atoms with Crippen LogP contribution in [0.5, 0.6) is 0 Å². The minimum atomic E-state index is -3.31. The normalized spacial score (nSPS) is 23.5. The topological polar surface area (TPSA) is 75.2 Å². The fourth-order valence-corrected chi connectivity index (χ4v) is 4.30. The molecular formula is C16H26N4O2S. The number of hydrogen-bond acceptors (Lipinski definition) is 6. The van der Waals surface area contributed by atoms with Crippen molar-refractivity contribution in [3.05, 3.63) is 11.9 Å². The lowest BCUT2D eigenvalue weighted by molar-refractivity contribution is 0.447. The minimum absolute atomic E-state index is 0.155. The van der Waals surface area contributed by atoms with Crippen LogP contribution in [0.3, 0.4) is 0 Å². The van der Waals surface area contributed by atoms with E-state index in [2.05, 4.69) is 15.2 Å². The maximum Gasteiger partial charge on any atom is 0.225 e. The van der Waals surface area contributed by atoms with E-state index in [1.54, 1.807) is 0 Å². The summed E-state index contributed by atoms with van der Waals surface area (Å²) in [5.41, 5.74) is 0.703. The Hall–Kier alpha value is -1.21. The summed E-state index contributed by atoms with van der Waals surface area (Å²) in [5, 5.41) is 3.35. The zero-order chi connectivity index (χ0) is 16.3. The highest BCUT2D eigenvalue weighted by Crippen LogP contribution is 2.29. The summed E-state index contributed by atoms with van der Waals surface area (Å²) >= 11 is 0. The molecular weight excluding hydrogens is 312 g/mol. The molecule has 0 amide bonds. The van der Waals surface area contributed by atoms with E-state index in [9.17, 15) is 8.42 Å². The summed E-state index contributed by atoms with van der Waals surface area (Å²) in [7, 11) is -3.31. The van der Waals surface area contributed by atoms with Crippen LogP contribution in [0.15, 0.2) is 11.1 Å². The van der Waals surface area contributed by atoms with Gasteiger partial charge < -0.3 is 10.2 Å². The summed E-state index contributed by atoms with van der Waals surface area (Å²) in [6.07, 6.45) is 9.59. The highest BCUT2D eigenvalue weighted by Gasteiger charge is 2.26. The van der Waals surface area contributed by atoms with Crippen molar-refractivity contribution in [2.75, 3.05) is 37.3 Å². The van der Waals surface area contributed by atoms with E-state index >= 15 is 0 Å². The number of rotatable bonds is 3. The average molecular weight is 338 g/mol. The van der Waals surface area contributed by atoms with Crippen molar-refractivity contribution in [2.24, 2.45) is 0 Å². The third kappa shape index (κ3) is 4.01. The molecule has 0 saturated carbocycles. The zero-order valence-corrected chi connectivity index (χ0v) is 14.6. The molecule has 2 aliphatic heterocycles.